The van der Waals surface area contributed by atoms with Gasteiger partial charge in [-0.15, -0.1) is 23.1 Å². The lowest BCUT2D eigenvalue weighted by Crippen LogP contribution is -2.30. The first-order valence-electron chi connectivity index (χ1n) is 16.3. The van der Waals surface area contributed by atoms with Crippen LogP contribution < -0.4 is 16.0 Å². The first-order chi connectivity index (χ1) is 23.7. The summed E-state index contributed by atoms with van der Waals surface area (Å²) in [4.78, 5) is 55.0. The number of hydrogen-bond donors (Lipinski definition) is 3. The molecule has 0 aliphatic heterocycles. The minimum Gasteiger partial charge on any atom is -0.462 e. The third-order valence-electron chi connectivity index (χ3n) is 7.85. The van der Waals surface area contributed by atoms with Gasteiger partial charge in [-0.3, -0.25) is 14.4 Å². The van der Waals surface area contributed by atoms with Gasteiger partial charge < -0.3 is 20.7 Å². The SMILES string of the molecule is CCOC(=O)c1c(NC(=O)C(C)Sc2cccc(NC(=O)/C(=C\c3cccc(Br)c3)NC(=O)c3ccccc3)c2)sc2c1CCCCCC2. The molecule has 254 valence electrons. The monoisotopic (exact) mass is 759 g/mol. The number of aryl methyl sites for hydroxylation is 1. The molecule has 0 spiro atoms. The van der Waals surface area contributed by atoms with Crippen molar-refractivity contribution < 1.29 is 23.9 Å². The van der Waals surface area contributed by atoms with E-state index in [1.54, 1.807) is 62.4 Å². The summed E-state index contributed by atoms with van der Waals surface area (Å²) in [5.41, 5.74) is 3.21. The number of thiophene rings is 1. The highest BCUT2D eigenvalue weighted by Crippen LogP contribution is 2.38. The normalized spacial score (nSPS) is 13.7. The Morgan fingerprint density at radius 2 is 1.67 bits per heavy atom. The predicted octanol–water partition coefficient (Wildman–Crippen LogP) is 8.88. The molecule has 0 fully saturated rings. The molecule has 0 saturated carbocycles. The summed E-state index contributed by atoms with van der Waals surface area (Å²) in [6.45, 7) is 3.84. The van der Waals surface area contributed by atoms with Crippen LogP contribution in [0, 0.1) is 0 Å². The zero-order chi connectivity index (χ0) is 34.8. The largest absolute Gasteiger partial charge is 0.462 e. The van der Waals surface area contributed by atoms with E-state index in [1.807, 2.05) is 36.4 Å². The zero-order valence-electron chi connectivity index (χ0n) is 27.3. The van der Waals surface area contributed by atoms with Crippen LogP contribution in [0.25, 0.3) is 6.08 Å². The summed E-state index contributed by atoms with van der Waals surface area (Å²) in [6, 6.07) is 23.3. The Morgan fingerprint density at radius 3 is 2.43 bits per heavy atom. The van der Waals surface area contributed by atoms with Crippen molar-refractivity contribution in [2.75, 3.05) is 17.2 Å². The number of benzene rings is 3. The molecular weight excluding hydrogens is 722 g/mol. The van der Waals surface area contributed by atoms with Gasteiger partial charge in [0, 0.05) is 25.5 Å². The van der Waals surface area contributed by atoms with Gasteiger partial charge in [0.05, 0.1) is 17.4 Å². The van der Waals surface area contributed by atoms with Crippen LogP contribution in [0.1, 0.15) is 76.3 Å². The van der Waals surface area contributed by atoms with Gasteiger partial charge in [0.1, 0.15) is 10.7 Å². The maximum atomic E-state index is 13.6. The summed E-state index contributed by atoms with van der Waals surface area (Å²) < 4.78 is 6.23. The standard InChI is InChI=1S/C38H38BrN3O5S2/c1-3-47-38(46)33-30-19-9-4-5-10-20-32(30)49-37(33)42-34(43)24(2)48-29-18-12-17-28(23-29)40-36(45)31(22-25-13-11-16-27(39)21-25)41-35(44)26-14-7-6-8-15-26/h6-8,11-18,21-24H,3-5,9-10,19-20H2,1-2H3,(H,40,45)(H,41,44)(H,42,43)/b31-22+. The molecule has 1 aliphatic rings. The van der Waals surface area contributed by atoms with E-state index in [0.29, 0.717) is 21.8 Å². The smallest absolute Gasteiger partial charge is 0.341 e. The second-order valence-electron chi connectivity index (χ2n) is 11.5. The van der Waals surface area contributed by atoms with Gasteiger partial charge in [-0.05, 0) is 99.2 Å². The van der Waals surface area contributed by atoms with Gasteiger partial charge in [-0.1, -0.05) is 65.2 Å². The average molecular weight is 761 g/mol. The van der Waals surface area contributed by atoms with Crippen molar-refractivity contribution >= 4 is 79.5 Å². The Hall–Kier alpha value is -4.19. The number of carbonyl (C=O) groups is 4. The van der Waals surface area contributed by atoms with E-state index in [1.165, 1.54) is 23.1 Å². The van der Waals surface area contributed by atoms with E-state index in [0.717, 1.165) is 63.9 Å². The fraction of sp³-hybridized carbons (Fsp3) is 0.263. The lowest BCUT2D eigenvalue weighted by Gasteiger charge is -2.14. The molecule has 1 atom stereocenters. The maximum absolute atomic E-state index is 13.6. The van der Waals surface area contributed by atoms with E-state index < -0.39 is 23.0 Å². The van der Waals surface area contributed by atoms with E-state index >= 15 is 0 Å². The Bertz CT molecular complexity index is 1860. The number of amides is 3. The quantitative estimate of drug-likeness (QED) is 0.0800. The number of fused-ring (bicyclic) bond motifs is 1. The molecule has 4 aromatic rings. The van der Waals surface area contributed by atoms with Crippen molar-refractivity contribution in [3.63, 3.8) is 0 Å². The van der Waals surface area contributed by atoms with Gasteiger partial charge in [0.15, 0.2) is 0 Å². The van der Waals surface area contributed by atoms with Crippen LogP contribution in [0.2, 0.25) is 0 Å². The number of ether oxygens (including phenoxy) is 1. The van der Waals surface area contributed by atoms with Crippen molar-refractivity contribution in [1.82, 2.24) is 5.32 Å². The number of carbonyl (C=O) groups excluding carboxylic acids is 4. The van der Waals surface area contributed by atoms with Gasteiger partial charge in [-0.2, -0.15) is 0 Å². The number of esters is 1. The van der Waals surface area contributed by atoms with Crippen molar-refractivity contribution in [3.8, 4) is 0 Å². The molecule has 11 heteroatoms. The van der Waals surface area contributed by atoms with E-state index in [9.17, 15) is 19.2 Å². The number of anilines is 2. The molecule has 0 radical (unpaired) electrons. The molecule has 49 heavy (non-hydrogen) atoms. The fourth-order valence-corrected chi connectivity index (χ4v) is 8.07. The predicted molar refractivity (Wildman–Crippen MR) is 201 cm³/mol. The molecule has 3 aromatic carbocycles. The summed E-state index contributed by atoms with van der Waals surface area (Å²) >= 11 is 6.27. The van der Waals surface area contributed by atoms with Crippen LogP contribution in [0.3, 0.4) is 0 Å². The highest BCUT2D eigenvalue weighted by Gasteiger charge is 2.27. The number of hydrogen-bond acceptors (Lipinski definition) is 7. The van der Waals surface area contributed by atoms with Gasteiger partial charge in [0.25, 0.3) is 11.8 Å². The van der Waals surface area contributed by atoms with Crippen LogP contribution in [0.5, 0.6) is 0 Å². The molecule has 3 amide bonds. The summed E-state index contributed by atoms with van der Waals surface area (Å²) in [5.74, 6) is -1.54. The van der Waals surface area contributed by atoms with Crippen LogP contribution in [-0.2, 0) is 27.2 Å². The van der Waals surface area contributed by atoms with Crippen molar-refractivity contribution in [1.29, 1.82) is 0 Å². The number of halogens is 1. The van der Waals surface area contributed by atoms with E-state index in [2.05, 4.69) is 31.9 Å². The highest BCUT2D eigenvalue weighted by molar-refractivity contribution is 9.10. The van der Waals surface area contributed by atoms with Crippen LogP contribution in [-0.4, -0.2) is 35.5 Å². The number of rotatable bonds is 11. The van der Waals surface area contributed by atoms with Gasteiger partial charge in [0.2, 0.25) is 5.91 Å². The van der Waals surface area contributed by atoms with Gasteiger partial charge in [-0.25, -0.2) is 4.79 Å². The molecule has 3 N–H and O–H groups in total. The molecule has 0 saturated heterocycles. The third-order valence-corrected chi connectivity index (χ3v) is 10.6. The first-order valence-corrected chi connectivity index (χ1v) is 18.7. The van der Waals surface area contributed by atoms with Crippen LogP contribution >= 0.6 is 39.0 Å². The highest BCUT2D eigenvalue weighted by atomic mass is 79.9. The van der Waals surface area contributed by atoms with Crippen LogP contribution in [0.15, 0.2) is 93.9 Å². The topological polar surface area (TPSA) is 114 Å². The molecule has 1 unspecified atom stereocenters. The van der Waals surface area contributed by atoms with Crippen LogP contribution in [0.4, 0.5) is 10.7 Å². The Kier molecular flexibility index (Phi) is 12.9. The maximum Gasteiger partial charge on any atom is 0.341 e. The molecule has 1 heterocycles. The summed E-state index contributed by atoms with van der Waals surface area (Å²) in [5, 5.41) is 8.71. The first kappa shape index (κ1) is 36.1. The molecule has 8 nitrogen and oxygen atoms in total. The third kappa shape index (κ3) is 9.93. The fourth-order valence-electron chi connectivity index (χ4n) is 5.45. The van der Waals surface area contributed by atoms with E-state index in [-0.39, 0.29) is 18.2 Å². The lowest BCUT2D eigenvalue weighted by atomic mass is 9.96. The van der Waals surface area contributed by atoms with Crippen molar-refractivity contribution in [2.24, 2.45) is 0 Å². The molecule has 5 rings (SSSR count). The van der Waals surface area contributed by atoms with Crippen molar-refractivity contribution in [3.05, 3.63) is 116 Å². The average Bonchev–Trinajstić information content (AvgIpc) is 3.40. The second kappa shape index (κ2) is 17.5. The summed E-state index contributed by atoms with van der Waals surface area (Å²) in [7, 11) is 0. The molecular formula is C38H38BrN3O5S2. The minimum atomic E-state index is -0.511. The molecule has 1 aliphatic carbocycles. The summed E-state index contributed by atoms with van der Waals surface area (Å²) in [6.07, 6.45) is 7.65. The number of nitrogens with one attached hydrogen (secondary N) is 3. The minimum absolute atomic E-state index is 0.0696. The molecule has 0 bridgehead atoms. The van der Waals surface area contributed by atoms with Crippen molar-refractivity contribution in [2.45, 2.75) is 62.5 Å². The number of thioether (sulfide) groups is 1. The molecule has 1 aromatic heterocycles. The van der Waals surface area contributed by atoms with Gasteiger partial charge >= 0.3 is 5.97 Å². The lowest BCUT2D eigenvalue weighted by molar-refractivity contribution is -0.115. The van der Waals surface area contributed by atoms with E-state index in [4.69, 9.17) is 4.74 Å². The second-order valence-corrected chi connectivity index (χ2v) is 14.9. The Labute approximate surface area is 303 Å². The zero-order valence-corrected chi connectivity index (χ0v) is 30.6. The Balaban J connectivity index is 1.30. The Morgan fingerprint density at radius 1 is 0.918 bits per heavy atom.